The average Bonchev–Trinajstić information content (AvgIpc) is 2.86. The molecule has 4 atom stereocenters. The monoisotopic (exact) mass is 582 g/mol. The summed E-state index contributed by atoms with van der Waals surface area (Å²) in [6.45, 7) is 28.9. The van der Waals surface area contributed by atoms with Gasteiger partial charge in [-0.05, 0) is 102 Å². The maximum Gasteiger partial charge on any atom is 0.0258 e. The molecule has 2 rings (SSSR count). The first-order chi connectivity index (χ1) is 18.8. The molecule has 3 heteroatoms. The Balaban J connectivity index is 0.000000762. The van der Waals surface area contributed by atoms with Gasteiger partial charge in [-0.3, -0.25) is 0 Å². The van der Waals surface area contributed by atoms with Crippen LogP contribution in [-0.4, -0.2) is 25.2 Å². The van der Waals surface area contributed by atoms with Gasteiger partial charge in [0, 0.05) is 12.1 Å². The van der Waals surface area contributed by atoms with Crippen LogP contribution >= 0.6 is 12.4 Å². The third-order valence-electron chi connectivity index (χ3n) is 7.15. The van der Waals surface area contributed by atoms with Gasteiger partial charge in [-0.2, -0.15) is 0 Å². The predicted molar refractivity (Wildman–Crippen MR) is 188 cm³/mol. The summed E-state index contributed by atoms with van der Waals surface area (Å²) >= 11 is 0. The smallest absolute Gasteiger partial charge is 0.0258 e. The van der Waals surface area contributed by atoms with E-state index in [2.05, 4.69) is 154 Å². The lowest BCUT2D eigenvalue weighted by Crippen LogP contribution is -2.32. The predicted octanol–water partition coefficient (Wildman–Crippen LogP) is 10.6. The molecule has 0 aliphatic carbocycles. The van der Waals surface area contributed by atoms with Crippen LogP contribution in [0.2, 0.25) is 0 Å². The van der Waals surface area contributed by atoms with Crippen LogP contribution in [0.25, 0.3) is 0 Å². The fraction of sp³-hybridized carbons (Fsp3) is 0.579. The minimum atomic E-state index is 0. The number of rotatable bonds is 14. The van der Waals surface area contributed by atoms with E-state index >= 15 is 0 Å². The highest BCUT2D eigenvalue weighted by Gasteiger charge is 2.14. The van der Waals surface area contributed by atoms with Gasteiger partial charge in [-0.25, -0.2) is 0 Å². The van der Waals surface area contributed by atoms with Gasteiger partial charge in [-0.15, -0.1) is 12.4 Å². The standard InChI is InChI=1S/2C19H31N.ClH/c2*1-14(2)11-19(20-13-15(3)4)12-17(6)18-9-7-16(5)8-10-18;/h2*7-11,15,17,19-20H,12-13H2,1-6H3;1H/t2*17-,19-;/m00./s1. The average molecular weight is 583 g/mol. The molecule has 0 aromatic heterocycles. The summed E-state index contributed by atoms with van der Waals surface area (Å²) in [7, 11) is 0. The molecule has 0 bridgehead atoms. The Hall–Kier alpha value is -1.87. The number of halogens is 1. The molecule has 0 radical (unpaired) electrons. The third kappa shape index (κ3) is 18.3. The van der Waals surface area contributed by atoms with E-state index in [0.29, 0.717) is 35.8 Å². The highest BCUT2D eigenvalue weighted by Crippen LogP contribution is 2.23. The van der Waals surface area contributed by atoms with Crippen molar-refractivity contribution in [3.05, 3.63) is 94.1 Å². The zero-order valence-corrected chi connectivity index (χ0v) is 29.3. The van der Waals surface area contributed by atoms with Gasteiger partial charge < -0.3 is 10.6 Å². The van der Waals surface area contributed by atoms with Crippen LogP contribution in [0, 0.1) is 25.7 Å². The second-order valence-corrected chi connectivity index (χ2v) is 13.4. The molecular weight excluding hydrogens is 520 g/mol. The Bertz CT molecular complexity index is 910. The van der Waals surface area contributed by atoms with E-state index in [1.165, 1.54) is 33.4 Å². The molecule has 2 aromatic carbocycles. The van der Waals surface area contributed by atoms with Crippen molar-refractivity contribution < 1.29 is 0 Å². The Morgan fingerprint density at radius 2 is 0.854 bits per heavy atom. The number of nitrogens with one attached hydrogen (secondary N) is 2. The summed E-state index contributed by atoms with van der Waals surface area (Å²) in [6.07, 6.45) is 7.04. The van der Waals surface area contributed by atoms with Gasteiger partial charge in [0.1, 0.15) is 0 Å². The summed E-state index contributed by atoms with van der Waals surface area (Å²) in [4.78, 5) is 0. The summed E-state index contributed by atoms with van der Waals surface area (Å²) in [5.74, 6) is 2.54. The van der Waals surface area contributed by atoms with Crippen molar-refractivity contribution in [1.29, 1.82) is 0 Å². The minimum Gasteiger partial charge on any atom is -0.310 e. The Kier molecular flexibility index (Phi) is 20.0. The van der Waals surface area contributed by atoms with Crippen LogP contribution in [0.3, 0.4) is 0 Å². The zero-order chi connectivity index (χ0) is 30.2. The Morgan fingerprint density at radius 3 is 1.10 bits per heavy atom. The number of allylic oxidation sites excluding steroid dienone is 2. The second kappa shape index (κ2) is 20.9. The molecule has 2 aromatic rings. The van der Waals surface area contributed by atoms with Crippen LogP contribution in [-0.2, 0) is 0 Å². The van der Waals surface area contributed by atoms with Crippen LogP contribution in [0.4, 0.5) is 0 Å². The molecule has 232 valence electrons. The SMILES string of the molecule is CC(C)=C[C@@H](C[C@H](C)c1ccc(C)cc1)NCC(C)C.CC(C)=C[C@@H](C[C@H](C)c1ccc(C)cc1)NCC(C)C.Cl. The van der Waals surface area contributed by atoms with Crippen LogP contribution in [0.5, 0.6) is 0 Å². The first-order valence-corrected chi connectivity index (χ1v) is 15.7. The third-order valence-corrected chi connectivity index (χ3v) is 7.15. The Labute approximate surface area is 261 Å². The largest absolute Gasteiger partial charge is 0.310 e. The van der Waals surface area contributed by atoms with Crippen molar-refractivity contribution >= 4 is 12.4 Å². The highest BCUT2D eigenvalue weighted by molar-refractivity contribution is 5.85. The van der Waals surface area contributed by atoms with Gasteiger partial charge in [0.05, 0.1) is 0 Å². The van der Waals surface area contributed by atoms with E-state index in [9.17, 15) is 0 Å². The first-order valence-electron chi connectivity index (χ1n) is 15.7. The van der Waals surface area contributed by atoms with E-state index < -0.39 is 0 Å². The summed E-state index contributed by atoms with van der Waals surface area (Å²) < 4.78 is 0. The molecular formula is C38H63ClN2. The van der Waals surface area contributed by atoms with Gasteiger partial charge in [0.2, 0.25) is 0 Å². The second-order valence-electron chi connectivity index (χ2n) is 13.4. The van der Waals surface area contributed by atoms with Gasteiger partial charge >= 0.3 is 0 Å². The Morgan fingerprint density at radius 1 is 0.561 bits per heavy atom. The molecule has 0 spiro atoms. The van der Waals surface area contributed by atoms with Crippen molar-refractivity contribution in [2.24, 2.45) is 11.8 Å². The van der Waals surface area contributed by atoms with Crippen LogP contribution in [0.15, 0.2) is 71.8 Å². The first kappa shape index (κ1) is 39.1. The van der Waals surface area contributed by atoms with Crippen molar-refractivity contribution in [2.45, 2.75) is 120 Å². The van der Waals surface area contributed by atoms with E-state index in [4.69, 9.17) is 0 Å². The van der Waals surface area contributed by atoms with Gasteiger partial charge in [-0.1, -0.05) is 124 Å². The molecule has 0 unspecified atom stereocenters. The zero-order valence-electron chi connectivity index (χ0n) is 28.5. The number of benzene rings is 2. The van der Waals surface area contributed by atoms with Crippen molar-refractivity contribution in [2.75, 3.05) is 13.1 Å². The van der Waals surface area contributed by atoms with Gasteiger partial charge in [0.15, 0.2) is 0 Å². The van der Waals surface area contributed by atoms with Crippen LogP contribution < -0.4 is 10.6 Å². The molecule has 0 heterocycles. The lowest BCUT2D eigenvalue weighted by molar-refractivity contribution is 0.468. The van der Waals surface area contributed by atoms with Crippen molar-refractivity contribution in [3.63, 3.8) is 0 Å². The number of hydrogen-bond donors (Lipinski definition) is 2. The lowest BCUT2D eigenvalue weighted by Gasteiger charge is -2.22. The molecule has 0 amide bonds. The van der Waals surface area contributed by atoms with Crippen LogP contribution in [0.1, 0.15) is 116 Å². The normalized spacial score (nSPS) is 13.8. The molecule has 0 saturated heterocycles. The molecule has 0 saturated carbocycles. The van der Waals surface area contributed by atoms with Crippen molar-refractivity contribution in [3.8, 4) is 0 Å². The minimum absolute atomic E-state index is 0. The number of aryl methyl sites for hydroxylation is 2. The fourth-order valence-corrected chi connectivity index (χ4v) is 4.82. The topological polar surface area (TPSA) is 24.1 Å². The maximum atomic E-state index is 3.69. The summed E-state index contributed by atoms with van der Waals surface area (Å²) in [6, 6.07) is 18.9. The maximum absolute atomic E-state index is 3.69. The molecule has 41 heavy (non-hydrogen) atoms. The summed E-state index contributed by atoms with van der Waals surface area (Å²) in [5.41, 5.74) is 8.33. The highest BCUT2D eigenvalue weighted by atomic mass is 35.5. The molecule has 0 aliphatic heterocycles. The molecule has 2 nitrogen and oxygen atoms in total. The molecule has 0 fully saturated rings. The van der Waals surface area contributed by atoms with E-state index in [-0.39, 0.29) is 12.4 Å². The molecule has 2 N–H and O–H groups in total. The van der Waals surface area contributed by atoms with E-state index in [1.54, 1.807) is 0 Å². The fourth-order valence-electron chi connectivity index (χ4n) is 4.82. The summed E-state index contributed by atoms with van der Waals surface area (Å²) in [5, 5.41) is 7.37. The number of hydrogen-bond acceptors (Lipinski definition) is 2. The van der Waals surface area contributed by atoms with E-state index in [0.717, 1.165) is 25.9 Å². The van der Waals surface area contributed by atoms with Crippen molar-refractivity contribution in [1.82, 2.24) is 10.6 Å². The van der Waals surface area contributed by atoms with E-state index in [1.807, 2.05) is 0 Å². The quantitative estimate of drug-likeness (QED) is 0.216. The lowest BCUT2D eigenvalue weighted by atomic mass is 9.92. The molecule has 0 aliphatic rings. The van der Waals surface area contributed by atoms with Gasteiger partial charge in [0.25, 0.3) is 0 Å².